The molecule has 2 atom stereocenters. The van der Waals surface area contributed by atoms with Crippen molar-refractivity contribution in [1.82, 2.24) is 20.2 Å². The summed E-state index contributed by atoms with van der Waals surface area (Å²) in [5.41, 5.74) is 0.737. The zero-order valence-electron chi connectivity index (χ0n) is 40.7. The summed E-state index contributed by atoms with van der Waals surface area (Å²) in [4.78, 5) is 73.3. The number of hydrogen-bond acceptors (Lipinski definition) is 15. The second-order valence-electron chi connectivity index (χ2n) is 18.1. The third kappa shape index (κ3) is 11.8. The van der Waals surface area contributed by atoms with Crippen molar-refractivity contribution < 1.29 is 55.2 Å². The number of rotatable bonds is 18. The molecule has 4 heterocycles. The molecule has 0 saturated carbocycles. The molecule has 2 aliphatic rings. The maximum atomic E-state index is 14.7. The molecule has 8 rings (SSSR count). The molecular weight excluding hydrogens is 994 g/mol. The van der Waals surface area contributed by atoms with Gasteiger partial charge in [0.05, 0.1) is 20.4 Å². The molecule has 2 N–H and O–H groups in total. The Labute approximate surface area is 437 Å². The van der Waals surface area contributed by atoms with Gasteiger partial charge in [-0.2, -0.15) is 0 Å². The molecular formula is C53H54ClN7O8S3. The highest BCUT2D eigenvalue weighted by Gasteiger charge is 2.55. The van der Waals surface area contributed by atoms with Crippen molar-refractivity contribution in [2.45, 2.75) is 74.5 Å². The molecule has 2 unspecified atom stereocenters. The van der Waals surface area contributed by atoms with E-state index in [9.17, 15) is 19.2 Å². The van der Waals surface area contributed by atoms with Crippen LogP contribution in [-0.4, -0.2) is 85.6 Å². The highest BCUT2D eigenvalue weighted by Crippen LogP contribution is 2.43. The van der Waals surface area contributed by atoms with Crippen LogP contribution in [0.5, 0.6) is 5.75 Å². The van der Waals surface area contributed by atoms with Crippen LogP contribution in [0.15, 0.2) is 161 Å². The number of nitrogens with zero attached hydrogens (tertiary/aromatic N) is 5. The lowest BCUT2D eigenvalue weighted by atomic mass is 9.77. The van der Waals surface area contributed by atoms with E-state index in [0.29, 0.717) is 33.1 Å². The topological polar surface area (TPSA) is 175 Å². The van der Waals surface area contributed by atoms with Crippen LogP contribution in [0.1, 0.15) is 62.6 Å². The summed E-state index contributed by atoms with van der Waals surface area (Å²) in [5, 5.41) is 13.0. The number of aromatic nitrogens is 3. The van der Waals surface area contributed by atoms with Gasteiger partial charge in [0.15, 0.2) is 10.8 Å². The standard InChI is InChI=1S/C53H53N7O8S3.ClH/c1-51(2,3)67-48(64)52(4,5)68-58-41(40-33-70-49(55-40)57-53(36-18-11-8-12-19-36,37-20-13-9-14-21-37)38-22-15-10-16-23-38)44(61)56-42-45(62)60-43(47(63)66-30-34-24-26-39(65-7)27-25-34)35(31-69-46(42)60)32-71-50-54-28-17-29-59(50)6;/h8-29,33,42,46H,30-32H2,1-7H3,(H-,55,56,57,61);1H/b58-41-;. The number of amides is 2. The van der Waals surface area contributed by atoms with Crippen LogP contribution in [0, 0.1) is 0 Å². The lowest BCUT2D eigenvalue weighted by Gasteiger charge is -2.49. The first-order chi connectivity index (χ1) is 34.1. The van der Waals surface area contributed by atoms with Crippen LogP contribution in [0.2, 0.25) is 0 Å². The Morgan fingerprint density at radius 2 is 1.49 bits per heavy atom. The quantitative estimate of drug-likeness (QED) is 0.0176. The van der Waals surface area contributed by atoms with Gasteiger partial charge in [0.1, 0.15) is 52.5 Å². The highest BCUT2D eigenvalue weighted by molar-refractivity contribution is 8.01. The second-order valence-corrected chi connectivity index (χ2v) is 21.0. The Morgan fingerprint density at radius 1 is 0.875 bits per heavy atom. The number of carbonyl (C=O) groups is 4. The number of carbonyl (C=O) groups excluding carboxylic acids is 4. The van der Waals surface area contributed by atoms with Crippen molar-refractivity contribution in [2.75, 3.05) is 23.9 Å². The van der Waals surface area contributed by atoms with Gasteiger partial charge in [0.25, 0.3) is 11.8 Å². The molecule has 0 radical (unpaired) electrons. The van der Waals surface area contributed by atoms with Gasteiger partial charge in [-0.3, -0.25) is 14.5 Å². The van der Waals surface area contributed by atoms with Crippen LogP contribution in [0.3, 0.4) is 0 Å². The molecule has 4 aromatic carbocycles. The molecule has 1 fully saturated rings. The van der Waals surface area contributed by atoms with E-state index < -0.39 is 51.9 Å². The maximum absolute atomic E-state index is 14.7. The van der Waals surface area contributed by atoms with Crippen molar-refractivity contribution in [2.24, 2.45) is 12.2 Å². The lowest BCUT2D eigenvalue weighted by molar-refractivity contribution is -0.713. The second kappa shape index (κ2) is 22.8. The van der Waals surface area contributed by atoms with Crippen LogP contribution < -0.4 is 32.3 Å². The Kier molecular flexibility index (Phi) is 16.8. The Bertz CT molecular complexity index is 2860. The van der Waals surface area contributed by atoms with E-state index in [1.54, 1.807) is 63.7 Å². The van der Waals surface area contributed by atoms with Crippen molar-refractivity contribution in [3.63, 3.8) is 0 Å². The van der Waals surface area contributed by atoms with E-state index in [1.165, 1.54) is 53.6 Å². The number of esters is 2. The van der Waals surface area contributed by atoms with Gasteiger partial charge < -0.3 is 42.1 Å². The molecule has 19 heteroatoms. The van der Waals surface area contributed by atoms with Crippen molar-refractivity contribution in [1.29, 1.82) is 0 Å². The fourth-order valence-electron chi connectivity index (χ4n) is 7.84. The minimum absolute atomic E-state index is 0. The summed E-state index contributed by atoms with van der Waals surface area (Å²) in [7, 11) is 3.45. The molecule has 374 valence electrons. The number of halogens is 1. The van der Waals surface area contributed by atoms with Gasteiger partial charge in [0.2, 0.25) is 5.60 Å². The molecule has 15 nitrogen and oxygen atoms in total. The number of thiazole rings is 1. The molecule has 72 heavy (non-hydrogen) atoms. The summed E-state index contributed by atoms with van der Waals surface area (Å²) >= 11 is 4.07. The zero-order chi connectivity index (χ0) is 50.3. The summed E-state index contributed by atoms with van der Waals surface area (Å²) < 4.78 is 18.6. The van der Waals surface area contributed by atoms with Crippen LogP contribution in [0.4, 0.5) is 5.13 Å². The molecule has 0 spiro atoms. The maximum Gasteiger partial charge on any atom is 0.359 e. The Hall–Kier alpha value is -6.73. The number of oxime groups is 1. The minimum Gasteiger partial charge on any atom is -1.00 e. The number of nitrogens with one attached hydrogen (secondary N) is 2. The normalized spacial score (nSPS) is 15.8. The summed E-state index contributed by atoms with van der Waals surface area (Å²) in [5.74, 6) is -1.33. The third-order valence-corrected chi connectivity index (χ3v) is 14.7. The number of benzene rings is 4. The Balaban J connectivity index is 0.00000760. The largest absolute Gasteiger partial charge is 1.00 e. The minimum atomic E-state index is -1.64. The molecule has 6 aromatic rings. The number of ether oxygens (including phenoxy) is 3. The van der Waals surface area contributed by atoms with Crippen molar-refractivity contribution in [3.05, 3.63) is 178 Å². The van der Waals surface area contributed by atoms with E-state index in [1.807, 2.05) is 115 Å². The third-order valence-electron chi connectivity index (χ3n) is 11.4. The van der Waals surface area contributed by atoms with E-state index in [2.05, 4.69) is 20.8 Å². The zero-order valence-corrected chi connectivity index (χ0v) is 43.9. The first-order valence-electron chi connectivity index (χ1n) is 22.7. The monoisotopic (exact) mass is 1050 g/mol. The van der Waals surface area contributed by atoms with Gasteiger partial charge in [-0.05, 0) is 91.3 Å². The molecule has 2 aromatic heterocycles. The average molecular weight is 1050 g/mol. The van der Waals surface area contributed by atoms with Gasteiger partial charge in [-0.15, -0.1) is 23.1 Å². The highest BCUT2D eigenvalue weighted by atomic mass is 35.5. The molecule has 1 saturated heterocycles. The number of anilines is 1. The number of aryl methyl sites for hydroxylation is 1. The first-order valence-corrected chi connectivity index (χ1v) is 25.6. The summed E-state index contributed by atoms with van der Waals surface area (Å²) in [6.07, 6.45) is 3.57. The SMILES string of the molecule is COc1ccc(COC(=O)C2=C(CSc3nccc[n+]3C)CSC3C(NC(=O)/C(=N\OC(C)(C)C(=O)OC(C)(C)C)c4csc(NC(c5ccccc5)(c5ccccc5)c5ccccc5)n4)C(=O)N23)cc1.[Cl-]. The van der Waals surface area contributed by atoms with Gasteiger partial charge >= 0.3 is 17.1 Å². The molecule has 0 bridgehead atoms. The predicted molar refractivity (Wildman–Crippen MR) is 273 cm³/mol. The van der Waals surface area contributed by atoms with Crippen molar-refractivity contribution >= 4 is 69.5 Å². The van der Waals surface area contributed by atoms with Gasteiger partial charge in [-0.1, -0.05) is 108 Å². The molecule has 2 amide bonds. The van der Waals surface area contributed by atoms with Gasteiger partial charge in [-0.25, -0.2) is 19.1 Å². The fraction of sp³-hybridized carbons (Fsp3) is 0.283. The number of thioether (sulfide) groups is 2. The van der Waals surface area contributed by atoms with Crippen LogP contribution in [-0.2, 0) is 52.7 Å². The average Bonchev–Trinajstić information content (AvgIpc) is 3.84. The molecule has 2 aliphatic heterocycles. The smallest absolute Gasteiger partial charge is 0.359 e. The van der Waals surface area contributed by atoms with Crippen LogP contribution >= 0.6 is 34.9 Å². The predicted octanol–water partition coefficient (Wildman–Crippen LogP) is 4.81. The molecule has 0 aliphatic carbocycles. The Morgan fingerprint density at radius 3 is 2.06 bits per heavy atom. The number of methoxy groups -OCH3 is 1. The number of hydrogen-bond donors (Lipinski definition) is 2. The van der Waals surface area contributed by atoms with E-state index in [0.717, 1.165) is 22.3 Å². The van der Waals surface area contributed by atoms with E-state index in [4.69, 9.17) is 24.0 Å². The van der Waals surface area contributed by atoms with Crippen LogP contribution in [0.25, 0.3) is 0 Å². The summed E-state index contributed by atoms with van der Waals surface area (Å²) in [6, 6.07) is 37.8. The first kappa shape index (κ1) is 53.1. The van der Waals surface area contributed by atoms with Crippen molar-refractivity contribution in [3.8, 4) is 5.75 Å². The lowest BCUT2D eigenvalue weighted by Crippen LogP contribution is -3.00. The van der Waals surface area contributed by atoms with Gasteiger partial charge in [0, 0.05) is 23.0 Å². The van der Waals surface area contributed by atoms with E-state index >= 15 is 0 Å². The fourth-order valence-corrected chi connectivity index (χ4v) is 11.0. The summed E-state index contributed by atoms with van der Waals surface area (Å²) in [6.45, 7) is 8.13. The number of β-lactam (4-membered cyclic amide) rings is 1. The number of fused-ring (bicyclic) bond motifs is 1. The van der Waals surface area contributed by atoms with E-state index in [-0.39, 0.29) is 36.1 Å².